The van der Waals surface area contributed by atoms with Gasteiger partial charge in [-0.05, 0) is 43.6 Å². The van der Waals surface area contributed by atoms with Gasteiger partial charge in [0.15, 0.2) is 12.0 Å². The van der Waals surface area contributed by atoms with Gasteiger partial charge in [0.05, 0.1) is 0 Å². The Labute approximate surface area is 77.1 Å². The summed E-state index contributed by atoms with van der Waals surface area (Å²) in [5, 5.41) is 0. The third-order valence-corrected chi connectivity index (χ3v) is 3.52. The van der Waals surface area contributed by atoms with Gasteiger partial charge in [-0.2, -0.15) is 11.8 Å². The average molecular weight is 190 g/mol. The average Bonchev–Trinajstić information content (AvgIpc) is 2.06. The van der Waals surface area contributed by atoms with Gasteiger partial charge in [0.2, 0.25) is 0 Å². The highest BCUT2D eigenvalue weighted by molar-refractivity contribution is 7.99. The lowest BCUT2D eigenvalue weighted by Crippen LogP contribution is -2.20. The van der Waals surface area contributed by atoms with Crippen LogP contribution in [0.25, 0.3) is 0 Å². The number of hydrogen-bond acceptors (Lipinski definition) is 2. The van der Waals surface area contributed by atoms with Gasteiger partial charge in [0.1, 0.15) is 0 Å². The Morgan fingerprint density at radius 1 is 1.75 bits per heavy atom. The van der Waals surface area contributed by atoms with Crippen LogP contribution in [-0.2, 0) is 4.79 Å². The van der Waals surface area contributed by atoms with E-state index in [1.807, 2.05) is 11.8 Å². The summed E-state index contributed by atoms with van der Waals surface area (Å²) in [4.78, 5) is 10.6. The molecule has 0 aromatic heterocycles. The number of carbonyl (C=O) groups excluding carboxylic acids is 1. The molecule has 0 aliphatic carbocycles. The lowest BCUT2D eigenvalue weighted by Gasteiger charge is -2.21. The maximum absolute atomic E-state index is 13.0. The number of rotatable bonds is 3. The molecule has 1 saturated heterocycles. The molecule has 0 N–H and O–H groups in total. The number of carbonyl (C=O) groups is 1. The summed E-state index contributed by atoms with van der Waals surface area (Å²) in [5.41, 5.74) is 0. The molecule has 0 amide bonds. The maximum Gasteiger partial charge on any atom is 0.163 e. The molecule has 0 aromatic carbocycles. The van der Waals surface area contributed by atoms with E-state index in [-0.39, 0.29) is 5.78 Å². The van der Waals surface area contributed by atoms with Crippen molar-refractivity contribution in [3.05, 3.63) is 0 Å². The molecule has 3 heteroatoms. The molecule has 0 saturated carbocycles. The summed E-state index contributed by atoms with van der Waals surface area (Å²) >= 11 is 1.88. The third-order valence-electron chi connectivity index (χ3n) is 2.24. The largest absolute Gasteiger partial charge is 0.297 e. The molecule has 1 fully saturated rings. The van der Waals surface area contributed by atoms with Crippen molar-refractivity contribution in [2.24, 2.45) is 5.92 Å². The van der Waals surface area contributed by atoms with Crippen molar-refractivity contribution in [2.45, 2.75) is 32.4 Å². The van der Waals surface area contributed by atoms with Gasteiger partial charge in [-0.1, -0.05) is 0 Å². The molecule has 1 aliphatic heterocycles. The second-order valence-corrected chi connectivity index (χ2v) is 4.55. The fourth-order valence-corrected chi connectivity index (χ4v) is 2.63. The van der Waals surface area contributed by atoms with E-state index in [4.69, 9.17) is 0 Å². The molecule has 2 unspecified atom stereocenters. The highest BCUT2D eigenvalue weighted by Crippen LogP contribution is 2.26. The van der Waals surface area contributed by atoms with E-state index in [0.717, 1.165) is 12.2 Å². The predicted molar refractivity (Wildman–Crippen MR) is 50.2 cm³/mol. The fraction of sp³-hybridized carbons (Fsp3) is 0.889. The zero-order valence-electron chi connectivity index (χ0n) is 7.38. The van der Waals surface area contributed by atoms with E-state index in [1.54, 1.807) is 0 Å². The molecule has 70 valence electrons. The van der Waals surface area contributed by atoms with Gasteiger partial charge in [0.25, 0.3) is 0 Å². The monoisotopic (exact) mass is 190 g/mol. The highest BCUT2D eigenvalue weighted by atomic mass is 32.2. The lowest BCUT2D eigenvalue weighted by molar-refractivity contribution is -0.122. The number of thioether (sulfide) groups is 1. The SMILES string of the molecule is CC(=O)C(F)CC1CCCSC1. The molecule has 0 bridgehead atoms. The number of alkyl halides is 1. The molecule has 1 rings (SSSR count). The first-order valence-electron chi connectivity index (χ1n) is 4.42. The van der Waals surface area contributed by atoms with Gasteiger partial charge in [-0.25, -0.2) is 4.39 Å². The fourth-order valence-electron chi connectivity index (χ4n) is 1.45. The van der Waals surface area contributed by atoms with Crippen molar-refractivity contribution in [2.75, 3.05) is 11.5 Å². The van der Waals surface area contributed by atoms with E-state index in [0.29, 0.717) is 12.3 Å². The molecular formula is C9H15FOS. The van der Waals surface area contributed by atoms with Crippen molar-refractivity contribution in [3.63, 3.8) is 0 Å². The molecule has 12 heavy (non-hydrogen) atoms. The lowest BCUT2D eigenvalue weighted by atomic mass is 9.97. The van der Waals surface area contributed by atoms with Crippen LogP contribution < -0.4 is 0 Å². The molecule has 1 heterocycles. The second-order valence-electron chi connectivity index (χ2n) is 3.40. The molecule has 2 atom stereocenters. The van der Waals surface area contributed by atoms with Crippen LogP contribution in [0.1, 0.15) is 26.2 Å². The normalized spacial score (nSPS) is 26.7. The van der Waals surface area contributed by atoms with Crippen molar-refractivity contribution in [1.82, 2.24) is 0 Å². The Balaban J connectivity index is 2.24. The summed E-state index contributed by atoms with van der Waals surface area (Å²) in [6.45, 7) is 1.33. The van der Waals surface area contributed by atoms with Crippen LogP contribution in [0.5, 0.6) is 0 Å². The Morgan fingerprint density at radius 2 is 2.50 bits per heavy atom. The molecule has 0 radical (unpaired) electrons. The molecule has 1 aliphatic rings. The third kappa shape index (κ3) is 3.13. The minimum atomic E-state index is -1.21. The quantitative estimate of drug-likeness (QED) is 0.680. The summed E-state index contributed by atoms with van der Waals surface area (Å²) in [6, 6.07) is 0. The summed E-state index contributed by atoms with van der Waals surface area (Å²) in [6.07, 6.45) is 1.51. The molecular weight excluding hydrogens is 175 g/mol. The number of Topliss-reactive ketones (excluding diaryl/α,β-unsaturated/α-hetero) is 1. The van der Waals surface area contributed by atoms with E-state index >= 15 is 0 Å². The van der Waals surface area contributed by atoms with Crippen molar-refractivity contribution < 1.29 is 9.18 Å². The Kier molecular flexibility index (Phi) is 4.06. The van der Waals surface area contributed by atoms with E-state index in [1.165, 1.54) is 19.1 Å². The standard InChI is InChI=1S/C9H15FOS/c1-7(11)9(10)5-8-3-2-4-12-6-8/h8-9H,2-6H2,1H3. The van der Waals surface area contributed by atoms with Gasteiger partial charge >= 0.3 is 0 Å². The topological polar surface area (TPSA) is 17.1 Å². The zero-order chi connectivity index (χ0) is 8.97. The van der Waals surface area contributed by atoms with E-state index < -0.39 is 6.17 Å². The van der Waals surface area contributed by atoms with Gasteiger partial charge < -0.3 is 0 Å². The molecule has 1 nitrogen and oxygen atoms in total. The van der Waals surface area contributed by atoms with Gasteiger partial charge in [0, 0.05) is 0 Å². The molecule has 0 aromatic rings. The first-order valence-corrected chi connectivity index (χ1v) is 5.58. The Bertz CT molecular complexity index is 155. The van der Waals surface area contributed by atoms with Crippen LogP contribution in [-0.4, -0.2) is 23.5 Å². The van der Waals surface area contributed by atoms with Crippen molar-refractivity contribution in [1.29, 1.82) is 0 Å². The Hall–Kier alpha value is -0.0500. The van der Waals surface area contributed by atoms with E-state index in [2.05, 4.69) is 0 Å². The van der Waals surface area contributed by atoms with Crippen LogP contribution in [0.3, 0.4) is 0 Å². The van der Waals surface area contributed by atoms with Crippen LogP contribution in [0.2, 0.25) is 0 Å². The molecule has 0 spiro atoms. The predicted octanol–water partition coefficient (Wildman–Crippen LogP) is 2.45. The van der Waals surface area contributed by atoms with Crippen LogP contribution >= 0.6 is 11.8 Å². The summed E-state index contributed by atoms with van der Waals surface area (Å²) in [5.74, 6) is 2.36. The minimum Gasteiger partial charge on any atom is -0.297 e. The van der Waals surface area contributed by atoms with Crippen molar-refractivity contribution >= 4 is 17.5 Å². The first-order chi connectivity index (χ1) is 5.70. The second kappa shape index (κ2) is 4.85. The van der Waals surface area contributed by atoms with Gasteiger partial charge in [-0.3, -0.25) is 4.79 Å². The summed E-state index contributed by atoms with van der Waals surface area (Å²) in [7, 11) is 0. The summed E-state index contributed by atoms with van der Waals surface area (Å²) < 4.78 is 13.0. The van der Waals surface area contributed by atoms with Crippen LogP contribution in [0.15, 0.2) is 0 Å². The Morgan fingerprint density at radius 3 is 3.00 bits per heavy atom. The number of ketones is 1. The van der Waals surface area contributed by atoms with Crippen molar-refractivity contribution in [3.8, 4) is 0 Å². The number of halogens is 1. The van der Waals surface area contributed by atoms with Crippen LogP contribution in [0.4, 0.5) is 4.39 Å². The minimum absolute atomic E-state index is 0.314. The smallest absolute Gasteiger partial charge is 0.163 e. The van der Waals surface area contributed by atoms with E-state index in [9.17, 15) is 9.18 Å². The van der Waals surface area contributed by atoms with Gasteiger partial charge in [-0.15, -0.1) is 0 Å². The highest BCUT2D eigenvalue weighted by Gasteiger charge is 2.21. The first kappa shape index (κ1) is 10.0. The zero-order valence-corrected chi connectivity index (χ0v) is 8.20. The van der Waals surface area contributed by atoms with Crippen LogP contribution in [0, 0.1) is 5.92 Å². The number of hydrogen-bond donors (Lipinski definition) is 0. The maximum atomic E-state index is 13.0.